The van der Waals surface area contributed by atoms with E-state index in [-0.39, 0.29) is 0 Å². The van der Waals surface area contributed by atoms with Gasteiger partial charge in [-0.15, -0.1) is 0 Å². The third-order valence-corrected chi connectivity index (χ3v) is 3.92. The van der Waals surface area contributed by atoms with Gasteiger partial charge in [0.15, 0.2) is 0 Å². The van der Waals surface area contributed by atoms with Gasteiger partial charge in [0.25, 0.3) is 0 Å². The Morgan fingerprint density at radius 1 is 1.24 bits per heavy atom. The molecule has 1 aromatic rings. The van der Waals surface area contributed by atoms with Crippen LogP contribution in [0, 0.1) is 0 Å². The molecule has 0 unspecified atom stereocenters. The minimum Gasteiger partial charge on any atom is -0.490 e. The molecule has 0 aliphatic rings. The topological polar surface area (TPSA) is 9.23 Å². The molecular formula is C16H21F3OS. The molecule has 0 aliphatic carbocycles. The van der Waals surface area contributed by atoms with Crippen LogP contribution in [-0.4, -0.2) is 17.6 Å². The van der Waals surface area contributed by atoms with E-state index in [4.69, 9.17) is 4.74 Å². The Labute approximate surface area is 128 Å². The second kappa shape index (κ2) is 8.37. The summed E-state index contributed by atoms with van der Waals surface area (Å²) in [4.78, 5) is 0. The molecule has 0 aliphatic heterocycles. The van der Waals surface area contributed by atoms with Crippen molar-refractivity contribution in [1.29, 1.82) is 0 Å². The van der Waals surface area contributed by atoms with Crippen molar-refractivity contribution in [2.24, 2.45) is 0 Å². The van der Waals surface area contributed by atoms with Crippen molar-refractivity contribution in [3.63, 3.8) is 0 Å². The summed E-state index contributed by atoms with van der Waals surface area (Å²) in [7, 11) is 0. The minimum atomic E-state index is -4.30. The van der Waals surface area contributed by atoms with Gasteiger partial charge in [0.2, 0.25) is 0 Å². The SMILES string of the molecule is CC(=CCOc1ccc(C(F)(F)F)cc1)CCSC(C)C. The smallest absolute Gasteiger partial charge is 0.416 e. The summed E-state index contributed by atoms with van der Waals surface area (Å²) in [6.45, 7) is 6.75. The van der Waals surface area contributed by atoms with Gasteiger partial charge >= 0.3 is 6.18 Å². The van der Waals surface area contributed by atoms with Crippen LogP contribution in [0.25, 0.3) is 0 Å². The summed E-state index contributed by atoms with van der Waals surface area (Å²) in [5.41, 5.74) is 0.572. The first-order valence-corrected chi connectivity index (χ1v) is 7.91. The standard InChI is InChI=1S/C16H21F3OS/c1-12(2)21-11-9-13(3)8-10-20-15-6-4-14(5-7-15)16(17,18)19/h4-8,12H,9-11H2,1-3H3. The number of thioether (sulfide) groups is 1. The van der Waals surface area contributed by atoms with Crippen LogP contribution in [0.15, 0.2) is 35.9 Å². The van der Waals surface area contributed by atoms with Gasteiger partial charge in [-0.1, -0.05) is 19.4 Å². The maximum absolute atomic E-state index is 12.4. The van der Waals surface area contributed by atoms with Gasteiger partial charge in [-0.3, -0.25) is 0 Å². The quantitative estimate of drug-likeness (QED) is 0.608. The van der Waals surface area contributed by atoms with Crippen molar-refractivity contribution in [1.82, 2.24) is 0 Å². The number of halogens is 3. The van der Waals surface area contributed by atoms with E-state index in [2.05, 4.69) is 13.8 Å². The predicted molar refractivity (Wildman–Crippen MR) is 82.9 cm³/mol. The van der Waals surface area contributed by atoms with E-state index in [1.165, 1.54) is 17.7 Å². The molecule has 0 atom stereocenters. The van der Waals surface area contributed by atoms with Crippen LogP contribution in [0.2, 0.25) is 0 Å². The van der Waals surface area contributed by atoms with E-state index in [1.54, 1.807) is 0 Å². The largest absolute Gasteiger partial charge is 0.490 e. The molecular weight excluding hydrogens is 297 g/mol. The zero-order chi connectivity index (χ0) is 15.9. The molecule has 0 spiro atoms. The first kappa shape index (κ1) is 18.0. The van der Waals surface area contributed by atoms with Crippen LogP contribution in [0.5, 0.6) is 5.75 Å². The Morgan fingerprint density at radius 3 is 2.38 bits per heavy atom. The molecule has 0 heterocycles. The normalized spacial score (nSPS) is 12.8. The number of allylic oxidation sites excluding steroid dienone is 1. The van der Waals surface area contributed by atoms with Gasteiger partial charge in [0, 0.05) is 0 Å². The number of ether oxygens (including phenoxy) is 1. The fraction of sp³-hybridized carbons (Fsp3) is 0.500. The Kier molecular flexibility index (Phi) is 7.15. The summed E-state index contributed by atoms with van der Waals surface area (Å²) < 4.78 is 42.6. The zero-order valence-electron chi connectivity index (χ0n) is 12.5. The van der Waals surface area contributed by atoms with E-state index >= 15 is 0 Å². The van der Waals surface area contributed by atoms with E-state index in [1.807, 2.05) is 24.8 Å². The number of alkyl halides is 3. The summed E-state index contributed by atoms with van der Waals surface area (Å²) in [6.07, 6.45) is -1.33. The van der Waals surface area contributed by atoms with Gasteiger partial charge < -0.3 is 4.74 Å². The fourth-order valence-corrected chi connectivity index (χ4v) is 2.49. The van der Waals surface area contributed by atoms with Crippen molar-refractivity contribution < 1.29 is 17.9 Å². The van der Waals surface area contributed by atoms with Crippen LogP contribution < -0.4 is 4.74 Å². The summed E-state index contributed by atoms with van der Waals surface area (Å²) in [5, 5.41) is 0.626. The molecule has 21 heavy (non-hydrogen) atoms. The molecule has 5 heteroatoms. The second-order valence-electron chi connectivity index (χ2n) is 5.05. The lowest BCUT2D eigenvalue weighted by atomic mass is 10.2. The number of benzene rings is 1. The van der Waals surface area contributed by atoms with Gasteiger partial charge in [-0.2, -0.15) is 24.9 Å². The van der Waals surface area contributed by atoms with Crippen LogP contribution in [-0.2, 0) is 6.18 Å². The summed E-state index contributed by atoms with van der Waals surface area (Å²) in [5.74, 6) is 1.52. The lowest BCUT2D eigenvalue weighted by Gasteiger charge is -2.08. The number of hydrogen-bond donors (Lipinski definition) is 0. The molecule has 0 saturated carbocycles. The highest BCUT2D eigenvalue weighted by Crippen LogP contribution is 2.30. The summed E-state index contributed by atoms with van der Waals surface area (Å²) >= 11 is 1.91. The first-order chi connectivity index (χ1) is 9.79. The van der Waals surface area contributed by atoms with E-state index in [9.17, 15) is 13.2 Å². The van der Waals surface area contributed by atoms with Crippen LogP contribution >= 0.6 is 11.8 Å². The van der Waals surface area contributed by atoms with Crippen LogP contribution in [0.4, 0.5) is 13.2 Å². The predicted octanol–water partition coefficient (Wildman–Crippen LogP) is 5.56. The molecule has 1 aromatic carbocycles. The van der Waals surface area contributed by atoms with Crippen molar-refractivity contribution in [2.75, 3.05) is 12.4 Å². The third kappa shape index (κ3) is 7.46. The van der Waals surface area contributed by atoms with Gasteiger partial charge in [-0.05, 0) is 54.7 Å². The Hall–Kier alpha value is -1.10. The molecule has 1 nitrogen and oxygen atoms in total. The van der Waals surface area contributed by atoms with Crippen molar-refractivity contribution >= 4 is 11.8 Å². The molecule has 0 aromatic heterocycles. The summed E-state index contributed by atoms with van der Waals surface area (Å²) in [6, 6.07) is 4.76. The van der Waals surface area contributed by atoms with Crippen molar-refractivity contribution in [3.05, 3.63) is 41.5 Å². The van der Waals surface area contributed by atoms with Crippen molar-refractivity contribution in [2.45, 2.75) is 38.6 Å². The van der Waals surface area contributed by atoms with E-state index < -0.39 is 11.7 Å². The molecule has 118 valence electrons. The second-order valence-corrected chi connectivity index (χ2v) is 6.74. The lowest BCUT2D eigenvalue weighted by Crippen LogP contribution is -2.04. The van der Waals surface area contributed by atoms with Gasteiger partial charge in [0.05, 0.1) is 5.56 Å². The highest BCUT2D eigenvalue weighted by Gasteiger charge is 2.29. The molecule has 0 N–H and O–H groups in total. The first-order valence-electron chi connectivity index (χ1n) is 6.86. The Balaban J connectivity index is 2.38. The Morgan fingerprint density at radius 2 is 1.86 bits per heavy atom. The molecule has 0 fully saturated rings. The highest BCUT2D eigenvalue weighted by atomic mass is 32.2. The third-order valence-electron chi connectivity index (χ3n) is 2.81. The molecule has 0 saturated heterocycles. The monoisotopic (exact) mass is 318 g/mol. The molecule has 0 amide bonds. The molecule has 0 radical (unpaired) electrons. The van der Waals surface area contributed by atoms with Gasteiger partial charge in [-0.25, -0.2) is 0 Å². The highest BCUT2D eigenvalue weighted by molar-refractivity contribution is 7.99. The average molecular weight is 318 g/mol. The minimum absolute atomic E-state index is 0.379. The maximum atomic E-state index is 12.4. The van der Waals surface area contributed by atoms with Crippen molar-refractivity contribution in [3.8, 4) is 5.75 Å². The number of rotatable bonds is 7. The lowest BCUT2D eigenvalue weighted by molar-refractivity contribution is -0.137. The maximum Gasteiger partial charge on any atom is 0.416 e. The Bertz CT molecular complexity index is 450. The van der Waals surface area contributed by atoms with Gasteiger partial charge in [0.1, 0.15) is 12.4 Å². The fourth-order valence-electron chi connectivity index (χ4n) is 1.58. The van der Waals surface area contributed by atoms with E-state index in [0.717, 1.165) is 24.3 Å². The van der Waals surface area contributed by atoms with Crippen LogP contribution in [0.3, 0.4) is 0 Å². The van der Waals surface area contributed by atoms with Crippen LogP contribution in [0.1, 0.15) is 32.8 Å². The molecule has 1 rings (SSSR count). The molecule has 0 bridgehead atoms. The average Bonchev–Trinajstić information content (AvgIpc) is 2.38. The number of hydrogen-bond acceptors (Lipinski definition) is 2. The zero-order valence-corrected chi connectivity index (χ0v) is 13.4. The van der Waals surface area contributed by atoms with E-state index in [0.29, 0.717) is 17.6 Å².